The van der Waals surface area contributed by atoms with Gasteiger partial charge in [-0.1, -0.05) is 46.4 Å². The summed E-state index contributed by atoms with van der Waals surface area (Å²) < 4.78 is 0.872. The first-order valence-corrected chi connectivity index (χ1v) is 8.55. The first-order valence-electron chi connectivity index (χ1n) is 5.96. The molecule has 0 spiro atoms. The second-order valence-corrected chi connectivity index (χ2v) is 6.80. The predicted octanol–water partition coefficient (Wildman–Crippen LogP) is 5.13. The van der Waals surface area contributed by atoms with Gasteiger partial charge < -0.3 is 0 Å². The van der Waals surface area contributed by atoms with Crippen molar-refractivity contribution >= 4 is 90.8 Å². The Bertz CT molecular complexity index is 998. The zero-order chi connectivity index (χ0) is 16.6. The fourth-order valence-electron chi connectivity index (χ4n) is 1.80. The summed E-state index contributed by atoms with van der Waals surface area (Å²) in [5.41, 5.74) is 1.54. The van der Waals surface area contributed by atoms with Crippen LogP contribution >= 0.6 is 69.0 Å². The molecule has 23 heavy (non-hydrogen) atoms. The highest BCUT2D eigenvalue weighted by Crippen LogP contribution is 2.26. The van der Waals surface area contributed by atoms with Crippen LogP contribution in [0.1, 0.15) is 0 Å². The van der Waals surface area contributed by atoms with Gasteiger partial charge in [-0.3, -0.25) is 10.2 Å². The van der Waals surface area contributed by atoms with E-state index in [0.29, 0.717) is 20.6 Å². The maximum absolute atomic E-state index is 5.85. The van der Waals surface area contributed by atoms with Crippen molar-refractivity contribution in [2.45, 2.75) is 0 Å². The molecule has 0 saturated carbocycles. The monoisotopic (exact) mass is 500 g/mol. The number of halogens is 5. The molecule has 0 bridgehead atoms. The van der Waals surface area contributed by atoms with E-state index < -0.39 is 0 Å². The Morgan fingerprint density at radius 1 is 0.913 bits per heavy atom. The largest absolute Gasteiger partial charge is 0.278 e. The number of H-pyrrole nitrogens is 2. The van der Waals surface area contributed by atoms with Crippen molar-refractivity contribution in [3.8, 4) is 0 Å². The Morgan fingerprint density at radius 3 is 2.39 bits per heavy atom. The molecule has 4 heterocycles. The van der Waals surface area contributed by atoms with Crippen molar-refractivity contribution in [2.75, 3.05) is 0 Å². The summed E-state index contributed by atoms with van der Waals surface area (Å²) in [5, 5.41) is 16.4. The normalized spacial score (nSPS) is 10.8. The van der Waals surface area contributed by atoms with Gasteiger partial charge in [-0.25, -0.2) is 9.97 Å². The van der Waals surface area contributed by atoms with Crippen molar-refractivity contribution in [3.63, 3.8) is 0 Å². The van der Waals surface area contributed by atoms with E-state index in [4.69, 9.17) is 46.4 Å². The molecule has 2 N–H and O–H groups in total. The van der Waals surface area contributed by atoms with Crippen LogP contribution in [-0.4, -0.2) is 30.4 Å². The molecule has 0 fully saturated rings. The third-order valence-corrected chi connectivity index (χ3v) is 4.51. The van der Waals surface area contributed by atoms with Crippen LogP contribution in [0.4, 0.5) is 0 Å². The predicted molar refractivity (Wildman–Crippen MR) is 101 cm³/mol. The van der Waals surface area contributed by atoms with Crippen molar-refractivity contribution < 1.29 is 0 Å². The number of nitrogens with one attached hydrogen (secondary N) is 2. The van der Waals surface area contributed by atoms with Gasteiger partial charge in [-0.2, -0.15) is 10.2 Å². The fraction of sp³-hybridized carbons (Fsp3) is 0. The summed E-state index contributed by atoms with van der Waals surface area (Å²) in [6, 6.07) is 3.34. The molecule has 0 radical (unpaired) electrons. The molecule has 4 rings (SSSR count). The molecule has 6 nitrogen and oxygen atoms in total. The average molecular weight is 502 g/mol. The van der Waals surface area contributed by atoms with E-state index >= 15 is 0 Å². The van der Waals surface area contributed by atoms with Crippen molar-refractivity contribution in [3.05, 3.63) is 42.6 Å². The lowest BCUT2D eigenvalue weighted by Gasteiger charge is -1.93. The molecule has 0 aromatic carbocycles. The van der Waals surface area contributed by atoms with E-state index in [1.54, 1.807) is 18.3 Å². The molecule has 4 aromatic rings. The Kier molecular flexibility index (Phi) is 5.12. The second kappa shape index (κ2) is 6.94. The molecule has 0 atom stereocenters. The minimum absolute atomic E-state index is 0.357. The number of fused-ring (bicyclic) bond motifs is 2. The number of hydrogen-bond donors (Lipinski definition) is 2. The number of nitrogens with zero attached hydrogens (tertiary/aromatic N) is 4. The van der Waals surface area contributed by atoms with E-state index in [0.717, 1.165) is 25.5 Å². The van der Waals surface area contributed by atoms with Crippen molar-refractivity contribution in [2.24, 2.45) is 0 Å². The number of aromatic nitrogens is 6. The van der Waals surface area contributed by atoms with Crippen LogP contribution in [0.2, 0.25) is 20.6 Å². The maximum atomic E-state index is 5.85. The molecule has 0 amide bonds. The number of aromatic amines is 2. The van der Waals surface area contributed by atoms with Crippen LogP contribution in [0.25, 0.3) is 21.8 Å². The Hall–Kier alpha value is -0.870. The zero-order valence-electron chi connectivity index (χ0n) is 10.9. The van der Waals surface area contributed by atoms with Gasteiger partial charge in [-0.15, -0.1) is 0 Å². The van der Waals surface area contributed by atoms with Gasteiger partial charge in [-0.05, 0) is 22.6 Å². The molecule has 0 unspecified atom stereocenters. The molecule has 4 aromatic heterocycles. The number of rotatable bonds is 0. The van der Waals surface area contributed by atoms with E-state index in [1.807, 2.05) is 0 Å². The van der Waals surface area contributed by atoms with Crippen LogP contribution < -0.4 is 0 Å². The highest BCUT2D eigenvalue weighted by atomic mass is 127. The molecular formula is C12H5Cl4IN6. The Morgan fingerprint density at radius 2 is 1.61 bits per heavy atom. The molecule has 0 aliphatic carbocycles. The van der Waals surface area contributed by atoms with E-state index in [9.17, 15) is 0 Å². The quantitative estimate of drug-likeness (QED) is 0.258. The highest BCUT2D eigenvalue weighted by Gasteiger charge is 2.09. The lowest BCUT2D eigenvalue weighted by molar-refractivity contribution is 1.09. The summed E-state index contributed by atoms with van der Waals surface area (Å²) in [7, 11) is 0. The second-order valence-electron chi connectivity index (χ2n) is 4.23. The SMILES string of the molecule is Clc1cc2[nH]ncc2c(Cl)n1.Clc1cc2n[nH]c(I)c2c(Cl)n1. The lowest BCUT2D eigenvalue weighted by Crippen LogP contribution is -1.79. The van der Waals surface area contributed by atoms with Crippen molar-refractivity contribution in [1.82, 2.24) is 30.4 Å². The fourth-order valence-corrected chi connectivity index (χ4v) is 3.61. The molecule has 0 aliphatic heterocycles. The zero-order valence-corrected chi connectivity index (χ0v) is 16.1. The number of hydrogen-bond acceptors (Lipinski definition) is 4. The minimum atomic E-state index is 0.357. The molecular weight excluding hydrogens is 497 g/mol. The van der Waals surface area contributed by atoms with Crippen LogP contribution in [0.3, 0.4) is 0 Å². The number of pyridine rings is 2. The minimum Gasteiger partial charge on any atom is -0.278 e. The van der Waals surface area contributed by atoms with E-state index in [2.05, 4.69) is 53.0 Å². The third-order valence-electron chi connectivity index (χ3n) is 2.78. The Balaban J connectivity index is 0.000000136. The topological polar surface area (TPSA) is 83.1 Å². The van der Waals surface area contributed by atoms with Gasteiger partial charge in [0.2, 0.25) is 0 Å². The lowest BCUT2D eigenvalue weighted by atomic mass is 10.3. The van der Waals surface area contributed by atoms with Crippen molar-refractivity contribution in [1.29, 1.82) is 0 Å². The Labute approximate surface area is 163 Å². The van der Waals surface area contributed by atoms with Crippen LogP contribution in [-0.2, 0) is 0 Å². The highest BCUT2D eigenvalue weighted by molar-refractivity contribution is 14.1. The van der Waals surface area contributed by atoms with Crippen LogP contribution in [0.15, 0.2) is 18.3 Å². The third kappa shape index (κ3) is 3.63. The van der Waals surface area contributed by atoms with Gasteiger partial charge in [0.05, 0.1) is 28.0 Å². The summed E-state index contributed by atoms with van der Waals surface area (Å²) in [6.45, 7) is 0. The summed E-state index contributed by atoms with van der Waals surface area (Å²) >= 11 is 25.0. The van der Waals surface area contributed by atoms with Crippen LogP contribution in [0, 0.1) is 3.70 Å². The van der Waals surface area contributed by atoms with Crippen LogP contribution in [0.5, 0.6) is 0 Å². The average Bonchev–Trinajstić information content (AvgIpc) is 3.06. The van der Waals surface area contributed by atoms with Gasteiger partial charge in [0.25, 0.3) is 0 Å². The molecule has 0 saturated heterocycles. The van der Waals surface area contributed by atoms with Gasteiger partial charge in [0.1, 0.15) is 24.3 Å². The molecule has 11 heteroatoms. The smallest absolute Gasteiger partial charge is 0.142 e. The first-order chi connectivity index (χ1) is 11.0. The standard InChI is InChI=1S/C6H2Cl2IN3.C6H3Cl2N3/c7-3-1-2-4(5(8)10-3)6(9)12-11-2;7-5-1-4-3(2-9-11-4)6(8)10-5/h1H,(H,11,12);1-2H,(H,9,11). The summed E-state index contributed by atoms with van der Waals surface area (Å²) in [4.78, 5) is 7.75. The summed E-state index contributed by atoms with van der Waals surface area (Å²) in [5.74, 6) is 0. The first kappa shape index (κ1) is 17.0. The van der Waals surface area contributed by atoms with E-state index in [1.165, 1.54) is 0 Å². The molecule has 0 aliphatic rings. The molecule has 118 valence electrons. The van der Waals surface area contributed by atoms with E-state index in [-0.39, 0.29) is 0 Å². The van der Waals surface area contributed by atoms with Gasteiger partial charge in [0.15, 0.2) is 0 Å². The summed E-state index contributed by atoms with van der Waals surface area (Å²) in [6.07, 6.45) is 1.61. The maximum Gasteiger partial charge on any atom is 0.142 e. The van der Waals surface area contributed by atoms with Gasteiger partial charge >= 0.3 is 0 Å². The van der Waals surface area contributed by atoms with Gasteiger partial charge in [0, 0.05) is 12.1 Å².